The second-order valence-electron chi connectivity index (χ2n) is 3.52. The van der Waals surface area contributed by atoms with Crippen LogP contribution in [0, 0.1) is 0 Å². The molecule has 1 aliphatic rings. The van der Waals surface area contributed by atoms with Gasteiger partial charge in [0.15, 0.2) is 0 Å². The Kier molecular flexibility index (Phi) is 2.44. The number of piperidine rings is 1. The Balaban J connectivity index is 2.25. The molecular formula is C8H12N4O3. The van der Waals surface area contributed by atoms with Crippen molar-refractivity contribution in [1.82, 2.24) is 10.3 Å². The van der Waals surface area contributed by atoms with Crippen LogP contribution in [-0.2, 0) is 4.79 Å². The van der Waals surface area contributed by atoms with Crippen molar-refractivity contribution in [3.8, 4) is 0 Å². The van der Waals surface area contributed by atoms with Crippen LogP contribution in [0.2, 0.25) is 0 Å². The first-order valence-corrected chi connectivity index (χ1v) is 4.77. The zero-order valence-electron chi connectivity index (χ0n) is 8.09. The fourth-order valence-electron chi connectivity index (χ4n) is 1.83. The molecule has 1 saturated heterocycles. The van der Waals surface area contributed by atoms with Gasteiger partial charge in [0.25, 0.3) is 0 Å². The third-order valence-electron chi connectivity index (χ3n) is 2.56. The van der Waals surface area contributed by atoms with E-state index in [0.29, 0.717) is 18.8 Å². The Morgan fingerprint density at radius 3 is 2.93 bits per heavy atom. The summed E-state index contributed by atoms with van der Waals surface area (Å²) in [4.78, 5) is 12.6. The van der Waals surface area contributed by atoms with Crippen LogP contribution in [0.5, 0.6) is 0 Å². The van der Waals surface area contributed by atoms with Gasteiger partial charge in [0.1, 0.15) is 6.04 Å². The zero-order chi connectivity index (χ0) is 10.8. The first-order valence-electron chi connectivity index (χ1n) is 4.77. The minimum Gasteiger partial charge on any atom is -0.480 e. The molecule has 2 heterocycles. The smallest absolute Gasteiger partial charge is 0.326 e. The normalized spacial score (nSPS) is 21.6. The van der Waals surface area contributed by atoms with Crippen LogP contribution in [0.4, 0.5) is 11.6 Å². The van der Waals surface area contributed by atoms with Gasteiger partial charge in [-0.05, 0) is 29.6 Å². The van der Waals surface area contributed by atoms with E-state index < -0.39 is 12.0 Å². The predicted molar refractivity (Wildman–Crippen MR) is 51.3 cm³/mol. The standard InChI is InChI=1S/C8H12N4O3/c9-6-7(11-15-10-6)12-4-2-1-3-5(12)8(13)14/h5H,1-4H2,(H2,9,10)(H,13,14). The molecule has 82 valence electrons. The highest BCUT2D eigenvalue weighted by Crippen LogP contribution is 2.26. The number of anilines is 2. The summed E-state index contributed by atoms with van der Waals surface area (Å²) in [6.07, 6.45) is 2.43. The van der Waals surface area contributed by atoms with E-state index in [1.807, 2.05) is 0 Å². The van der Waals surface area contributed by atoms with Crippen LogP contribution in [0.3, 0.4) is 0 Å². The monoisotopic (exact) mass is 212 g/mol. The maximum Gasteiger partial charge on any atom is 0.326 e. The van der Waals surface area contributed by atoms with E-state index in [9.17, 15) is 4.79 Å². The van der Waals surface area contributed by atoms with Gasteiger partial charge in [-0.1, -0.05) is 0 Å². The molecule has 1 fully saturated rings. The zero-order valence-corrected chi connectivity index (χ0v) is 8.09. The van der Waals surface area contributed by atoms with Gasteiger partial charge in [-0.25, -0.2) is 9.42 Å². The number of hydrogen-bond donors (Lipinski definition) is 2. The molecule has 1 aliphatic heterocycles. The highest BCUT2D eigenvalue weighted by atomic mass is 16.6. The minimum absolute atomic E-state index is 0.142. The van der Waals surface area contributed by atoms with Crippen molar-refractivity contribution in [2.24, 2.45) is 0 Å². The van der Waals surface area contributed by atoms with Gasteiger partial charge >= 0.3 is 5.97 Å². The summed E-state index contributed by atoms with van der Waals surface area (Å²) < 4.78 is 4.47. The van der Waals surface area contributed by atoms with E-state index in [1.165, 1.54) is 0 Å². The van der Waals surface area contributed by atoms with Gasteiger partial charge in [-0.15, -0.1) is 0 Å². The SMILES string of the molecule is Nc1nonc1N1CCCCC1C(=O)O. The number of hydrogen-bond acceptors (Lipinski definition) is 6. The van der Waals surface area contributed by atoms with Crippen LogP contribution < -0.4 is 10.6 Å². The van der Waals surface area contributed by atoms with Crippen molar-refractivity contribution in [3.05, 3.63) is 0 Å². The molecule has 0 spiro atoms. The van der Waals surface area contributed by atoms with E-state index in [2.05, 4.69) is 14.9 Å². The number of nitrogens with zero attached hydrogens (tertiary/aromatic N) is 3. The first-order chi connectivity index (χ1) is 7.20. The lowest BCUT2D eigenvalue weighted by Gasteiger charge is -2.32. The highest BCUT2D eigenvalue weighted by molar-refractivity contribution is 5.79. The summed E-state index contributed by atoms with van der Waals surface area (Å²) in [5.74, 6) is -0.387. The van der Waals surface area contributed by atoms with E-state index in [0.717, 1.165) is 12.8 Å². The molecule has 7 heteroatoms. The third kappa shape index (κ3) is 1.72. The second kappa shape index (κ2) is 3.76. The quantitative estimate of drug-likeness (QED) is 0.715. The molecule has 0 aromatic carbocycles. The Morgan fingerprint density at radius 1 is 1.53 bits per heavy atom. The lowest BCUT2D eigenvalue weighted by Crippen LogP contribution is -2.45. The average molecular weight is 212 g/mol. The van der Waals surface area contributed by atoms with Crippen molar-refractivity contribution < 1.29 is 14.5 Å². The molecule has 0 aliphatic carbocycles. The number of carbonyl (C=O) groups is 1. The summed E-state index contributed by atoms with van der Waals surface area (Å²) in [6.45, 7) is 0.620. The number of carboxylic acid groups (broad SMARTS) is 1. The topological polar surface area (TPSA) is 105 Å². The number of rotatable bonds is 2. The molecular weight excluding hydrogens is 200 g/mol. The van der Waals surface area contributed by atoms with Gasteiger partial charge < -0.3 is 15.7 Å². The Morgan fingerprint density at radius 2 is 2.33 bits per heavy atom. The molecule has 1 unspecified atom stereocenters. The summed E-state index contributed by atoms with van der Waals surface area (Å²) in [6, 6.07) is -0.576. The molecule has 15 heavy (non-hydrogen) atoms. The second-order valence-corrected chi connectivity index (χ2v) is 3.52. The fourth-order valence-corrected chi connectivity index (χ4v) is 1.83. The largest absolute Gasteiger partial charge is 0.480 e. The molecule has 7 nitrogen and oxygen atoms in total. The molecule has 1 atom stereocenters. The Labute approximate surface area is 85.8 Å². The van der Waals surface area contributed by atoms with Gasteiger partial charge in [-0.3, -0.25) is 0 Å². The summed E-state index contributed by atoms with van der Waals surface area (Å²) in [5.41, 5.74) is 5.53. The molecule has 3 N–H and O–H groups in total. The first kappa shape index (κ1) is 9.75. The van der Waals surface area contributed by atoms with Gasteiger partial charge in [0.05, 0.1) is 0 Å². The van der Waals surface area contributed by atoms with Crippen LogP contribution in [0.1, 0.15) is 19.3 Å². The van der Waals surface area contributed by atoms with Crippen molar-refractivity contribution in [2.75, 3.05) is 17.2 Å². The molecule has 0 radical (unpaired) electrons. The van der Waals surface area contributed by atoms with E-state index >= 15 is 0 Å². The molecule has 2 rings (SSSR count). The highest BCUT2D eigenvalue weighted by Gasteiger charge is 2.31. The van der Waals surface area contributed by atoms with Crippen molar-refractivity contribution in [3.63, 3.8) is 0 Å². The summed E-state index contributed by atoms with van der Waals surface area (Å²) in [7, 11) is 0. The van der Waals surface area contributed by atoms with E-state index in [1.54, 1.807) is 4.90 Å². The van der Waals surface area contributed by atoms with E-state index in [4.69, 9.17) is 10.8 Å². The van der Waals surface area contributed by atoms with Crippen LogP contribution in [0.25, 0.3) is 0 Å². The molecule has 0 amide bonds. The maximum absolute atomic E-state index is 11.0. The van der Waals surface area contributed by atoms with E-state index in [-0.39, 0.29) is 5.82 Å². The fraction of sp³-hybridized carbons (Fsp3) is 0.625. The van der Waals surface area contributed by atoms with Crippen molar-refractivity contribution in [1.29, 1.82) is 0 Å². The number of aliphatic carboxylic acids is 1. The van der Waals surface area contributed by atoms with Crippen LogP contribution in [-0.4, -0.2) is 34.0 Å². The lowest BCUT2D eigenvalue weighted by molar-refractivity contribution is -0.139. The van der Waals surface area contributed by atoms with Crippen LogP contribution >= 0.6 is 0 Å². The van der Waals surface area contributed by atoms with Crippen molar-refractivity contribution >= 4 is 17.6 Å². The lowest BCUT2D eigenvalue weighted by atomic mass is 10.0. The number of nitrogen functional groups attached to an aromatic ring is 1. The van der Waals surface area contributed by atoms with Gasteiger partial charge in [0.2, 0.25) is 11.6 Å². The predicted octanol–water partition coefficient (Wildman–Crippen LogP) is 0.0953. The van der Waals surface area contributed by atoms with Gasteiger partial charge in [-0.2, -0.15) is 0 Å². The maximum atomic E-state index is 11.0. The molecule has 0 bridgehead atoms. The summed E-state index contributed by atoms with van der Waals surface area (Å²) in [5, 5.41) is 16.1. The molecule has 1 aromatic rings. The number of aromatic nitrogens is 2. The molecule has 0 saturated carbocycles. The minimum atomic E-state index is -0.864. The average Bonchev–Trinajstić information content (AvgIpc) is 2.64. The van der Waals surface area contributed by atoms with Crippen molar-refractivity contribution in [2.45, 2.75) is 25.3 Å². The Bertz CT molecular complexity index is 365. The van der Waals surface area contributed by atoms with Gasteiger partial charge in [0, 0.05) is 6.54 Å². The Hall–Kier alpha value is -1.79. The summed E-state index contributed by atoms with van der Waals surface area (Å²) >= 11 is 0. The molecule has 1 aromatic heterocycles. The number of nitrogens with two attached hydrogens (primary N) is 1. The third-order valence-corrected chi connectivity index (χ3v) is 2.56. The van der Waals surface area contributed by atoms with Crippen LogP contribution in [0.15, 0.2) is 4.63 Å². The number of carboxylic acids is 1.